The number of rotatable bonds is 4. The molecule has 3 rings (SSSR count). The third kappa shape index (κ3) is 2.35. The smallest absolute Gasteiger partial charge is 0.254 e. The molecule has 0 aliphatic carbocycles. The van der Waals surface area contributed by atoms with Crippen LogP contribution in [0.2, 0.25) is 0 Å². The maximum atomic E-state index is 5.53. The van der Waals surface area contributed by atoms with E-state index >= 15 is 0 Å². The van der Waals surface area contributed by atoms with E-state index in [1.807, 2.05) is 37.3 Å². The van der Waals surface area contributed by atoms with Gasteiger partial charge in [0.2, 0.25) is 0 Å². The van der Waals surface area contributed by atoms with Gasteiger partial charge in [-0.2, -0.15) is 0 Å². The molecule has 0 aliphatic rings. The predicted octanol–water partition coefficient (Wildman–Crippen LogP) is 3.22. The zero-order valence-corrected chi connectivity index (χ0v) is 10.4. The van der Waals surface area contributed by atoms with Crippen molar-refractivity contribution in [3.8, 4) is 17.1 Å². The lowest BCUT2D eigenvalue weighted by atomic mass is 10.1. The van der Waals surface area contributed by atoms with Gasteiger partial charge in [0.25, 0.3) is 5.88 Å². The molecule has 0 fully saturated rings. The second-order valence-corrected chi connectivity index (χ2v) is 4.06. The fourth-order valence-electron chi connectivity index (χ4n) is 1.81. The van der Waals surface area contributed by atoms with Crippen LogP contribution in [-0.4, -0.2) is 10.3 Å². The Bertz CT molecular complexity index is 645. The molecule has 0 bridgehead atoms. The summed E-state index contributed by atoms with van der Waals surface area (Å²) in [6.45, 7) is 2.20. The van der Waals surface area contributed by atoms with Gasteiger partial charge in [0.1, 0.15) is 24.3 Å². The van der Waals surface area contributed by atoms with Crippen LogP contribution in [0.1, 0.15) is 11.3 Å². The van der Waals surface area contributed by atoms with E-state index in [2.05, 4.69) is 10.3 Å². The number of hydrogen-bond acceptors (Lipinski definition) is 5. The topological polar surface area (TPSA) is 61.3 Å². The molecule has 5 nitrogen and oxygen atoms in total. The summed E-state index contributed by atoms with van der Waals surface area (Å²) in [5, 5.41) is 7.79. The zero-order chi connectivity index (χ0) is 13.1. The maximum absolute atomic E-state index is 5.53. The van der Waals surface area contributed by atoms with Gasteiger partial charge in [0, 0.05) is 11.6 Å². The molecule has 0 N–H and O–H groups in total. The standard InChI is InChI=1S/C14H12N2O3/c1-10-12(9-17-13-7-8-18-15-13)14(16-19-10)11-5-3-2-4-6-11/h2-8H,9H2,1H3. The van der Waals surface area contributed by atoms with E-state index in [1.165, 1.54) is 6.26 Å². The average Bonchev–Trinajstić information content (AvgIpc) is 3.07. The minimum atomic E-state index is 0.339. The lowest BCUT2D eigenvalue weighted by molar-refractivity contribution is 0.267. The Kier molecular flexibility index (Phi) is 3.02. The summed E-state index contributed by atoms with van der Waals surface area (Å²) in [5.41, 5.74) is 2.70. The van der Waals surface area contributed by atoms with Crippen molar-refractivity contribution in [1.82, 2.24) is 10.3 Å². The molecular weight excluding hydrogens is 244 g/mol. The predicted molar refractivity (Wildman–Crippen MR) is 67.5 cm³/mol. The first-order chi connectivity index (χ1) is 9.34. The van der Waals surface area contributed by atoms with Crippen molar-refractivity contribution in [2.75, 3.05) is 0 Å². The fraction of sp³-hybridized carbons (Fsp3) is 0.143. The Hall–Kier alpha value is -2.56. The molecule has 2 heterocycles. The van der Waals surface area contributed by atoms with Crippen LogP contribution in [0.4, 0.5) is 0 Å². The Balaban J connectivity index is 1.87. The fourth-order valence-corrected chi connectivity index (χ4v) is 1.81. The second-order valence-electron chi connectivity index (χ2n) is 4.06. The van der Waals surface area contributed by atoms with Crippen LogP contribution in [-0.2, 0) is 6.61 Å². The van der Waals surface area contributed by atoms with Crippen LogP contribution in [0.25, 0.3) is 11.3 Å². The van der Waals surface area contributed by atoms with Crippen molar-refractivity contribution in [3.05, 3.63) is 54.0 Å². The summed E-state index contributed by atoms with van der Waals surface area (Å²) in [4.78, 5) is 0. The maximum Gasteiger partial charge on any atom is 0.254 e. The number of benzene rings is 1. The number of hydrogen-bond donors (Lipinski definition) is 0. The van der Waals surface area contributed by atoms with E-state index in [0.29, 0.717) is 12.5 Å². The monoisotopic (exact) mass is 256 g/mol. The molecule has 3 aromatic rings. The molecule has 0 radical (unpaired) electrons. The Labute approximate surface area is 109 Å². The molecule has 0 unspecified atom stereocenters. The molecule has 5 heteroatoms. The molecular formula is C14H12N2O3. The van der Waals surface area contributed by atoms with Crippen LogP contribution in [0.5, 0.6) is 5.88 Å². The second kappa shape index (κ2) is 4.97. The highest BCUT2D eigenvalue weighted by Gasteiger charge is 2.15. The van der Waals surface area contributed by atoms with Crippen molar-refractivity contribution in [2.45, 2.75) is 13.5 Å². The first kappa shape index (κ1) is 11.5. The Morgan fingerprint density at radius 1 is 1.11 bits per heavy atom. The number of aromatic nitrogens is 2. The molecule has 19 heavy (non-hydrogen) atoms. The van der Waals surface area contributed by atoms with Gasteiger partial charge in [-0.3, -0.25) is 0 Å². The lowest BCUT2D eigenvalue weighted by Gasteiger charge is -2.03. The van der Waals surface area contributed by atoms with Gasteiger partial charge >= 0.3 is 0 Å². The first-order valence-corrected chi connectivity index (χ1v) is 5.88. The molecule has 0 amide bonds. The van der Waals surface area contributed by atoms with Gasteiger partial charge < -0.3 is 13.8 Å². The first-order valence-electron chi connectivity index (χ1n) is 5.88. The molecule has 1 aromatic carbocycles. The summed E-state index contributed by atoms with van der Waals surface area (Å²) in [5.74, 6) is 1.18. The summed E-state index contributed by atoms with van der Waals surface area (Å²) in [6.07, 6.45) is 1.47. The Morgan fingerprint density at radius 3 is 2.68 bits per heavy atom. The van der Waals surface area contributed by atoms with E-state index in [1.54, 1.807) is 6.07 Å². The molecule has 0 saturated heterocycles. The molecule has 0 aliphatic heterocycles. The van der Waals surface area contributed by atoms with E-state index in [4.69, 9.17) is 13.8 Å². The average molecular weight is 256 g/mol. The van der Waals surface area contributed by atoms with Gasteiger partial charge in [-0.1, -0.05) is 35.5 Å². The molecule has 0 atom stereocenters. The van der Waals surface area contributed by atoms with Crippen LogP contribution >= 0.6 is 0 Å². The highest BCUT2D eigenvalue weighted by Crippen LogP contribution is 2.25. The van der Waals surface area contributed by atoms with Crippen molar-refractivity contribution >= 4 is 0 Å². The van der Waals surface area contributed by atoms with Crippen LogP contribution in [0.3, 0.4) is 0 Å². The van der Waals surface area contributed by atoms with Gasteiger partial charge in [0.15, 0.2) is 0 Å². The molecule has 2 aromatic heterocycles. The summed E-state index contributed by atoms with van der Waals surface area (Å²) < 4.78 is 15.5. The highest BCUT2D eigenvalue weighted by molar-refractivity contribution is 5.63. The normalized spacial score (nSPS) is 10.6. The van der Waals surface area contributed by atoms with Gasteiger partial charge in [0.05, 0.1) is 5.56 Å². The van der Waals surface area contributed by atoms with Crippen molar-refractivity contribution in [2.24, 2.45) is 0 Å². The van der Waals surface area contributed by atoms with E-state index in [-0.39, 0.29) is 0 Å². The zero-order valence-electron chi connectivity index (χ0n) is 10.4. The van der Waals surface area contributed by atoms with Crippen molar-refractivity contribution in [3.63, 3.8) is 0 Å². The number of aryl methyl sites for hydroxylation is 1. The van der Waals surface area contributed by atoms with Crippen molar-refractivity contribution < 1.29 is 13.8 Å². The summed E-state index contributed by atoms with van der Waals surface area (Å²) in [6, 6.07) is 11.5. The van der Waals surface area contributed by atoms with Gasteiger partial charge in [-0.15, -0.1) is 0 Å². The highest BCUT2D eigenvalue weighted by atomic mass is 16.5. The van der Waals surface area contributed by atoms with Crippen molar-refractivity contribution in [1.29, 1.82) is 0 Å². The van der Waals surface area contributed by atoms with E-state index < -0.39 is 0 Å². The number of ether oxygens (including phenoxy) is 1. The lowest BCUT2D eigenvalue weighted by Crippen LogP contribution is -1.98. The molecule has 0 spiro atoms. The van der Waals surface area contributed by atoms with Gasteiger partial charge in [-0.25, -0.2) is 0 Å². The van der Waals surface area contributed by atoms with Gasteiger partial charge in [-0.05, 0) is 12.1 Å². The van der Waals surface area contributed by atoms with E-state index in [0.717, 1.165) is 22.6 Å². The number of nitrogens with zero attached hydrogens (tertiary/aromatic N) is 2. The quantitative estimate of drug-likeness (QED) is 0.717. The van der Waals surface area contributed by atoms with Crippen LogP contribution < -0.4 is 4.74 Å². The van der Waals surface area contributed by atoms with E-state index in [9.17, 15) is 0 Å². The van der Waals surface area contributed by atoms with Crippen LogP contribution in [0, 0.1) is 6.92 Å². The largest absolute Gasteiger partial charge is 0.470 e. The third-order valence-electron chi connectivity index (χ3n) is 2.81. The molecule has 96 valence electrons. The SMILES string of the molecule is Cc1onc(-c2ccccc2)c1COc1ccon1. The minimum absolute atomic E-state index is 0.339. The summed E-state index contributed by atoms with van der Waals surface area (Å²) >= 11 is 0. The van der Waals surface area contributed by atoms with Crippen LogP contribution in [0.15, 0.2) is 51.7 Å². The third-order valence-corrected chi connectivity index (χ3v) is 2.81. The minimum Gasteiger partial charge on any atom is -0.470 e. The molecule has 0 saturated carbocycles. The Morgan fingerprint density at radius 2 is 1.95 bits per heavy atom. The summed E-state index contributed by atoms with van der Waals surface area (Å²) in [7, 11) is 0.